The smallest absolute Gasteiger partial charge is 0.339 e. The minimum atomic E-state index is -3.86. The zero-order valence-corrected chi connectivity index (χ0v) is 18.2. The fourth-order valence-electron chi connectivity index (χ4n) is 2.72. The molecule has 0 bridgehead atoms. The second-order valence-corrected chi connectivity index (χ2v) is 9.10. The third-order valence-corrected chi connectivity index (χ3v) is 6.35. The molecule has 0 unspecified atom stereocenters. The second-order valence-electron chi connectivity index (χ2n) is 6.69. The largest absolute Gasteiger partial charge is 0.379 e. The first-order valence-corrected chi connectivity index (χ1v) is 11.7. The van der Waals surface area contributed by atoms with E-state index >= 15 is 0 Å². The lowest BCUT2D eigenvalue weighted by Crippen LogP contribution is -2.09. The molecule has 0 radical (unpaired) electrons. The van der Waals surface area contributed by atoms with E-state index in [1.165, 1.54) is 29.0 Å². The Bertz CT molecular complexity index is 1280. The molecule has 0 aliphatic rings. The van der Waals surface area contributed by atoms with Crippen LogP contribution in [-0.2, 0) is 10.1 Å². The summed E-state index contributed by atoms with van der Waals surface area (Å²) in [5.74, 6) is 0.233. The molecule has 6 nitrogen and oxygen atoms in total. The molecule has 8 heteroatoms. The summed E-state index contributed by atoms with van der Waals surface area (Å²) in [6, 6.07) is 22.8. The van der Waals surface area contributed by atoms with Crippen LogP contribution in [0.5, 0.6) is 5.75 Å². The molecule has 1 aromatic heterocycles. The number of anilines is 1. The van der Waals surface area contributed by atoms with Crippen molar-refractivity contribution >= 4 is 32.8 Å². The Morgan fingerprint density at radius 3 is 2.39 bits per heavy atom. The highest BCUT2D eigenvalue weighted by Crippen LogP contribution is 2.25. The molecule has 156 valence electrons. The van der Waals surface area contributed by atoms with Gasteiger partial charge in [0.1, 0.15) is 10.6 Å². The Morgan fingerprint density at radius 1 is 0.968 bits per heavy atom. The van der Waals surface area contributed by atoms with E-state index in [-0.39, 0.29) is 10.6 Å². The number of hydrogen-bond donors (Lipinski definition) is 1. The second kappa shape index (κ2) is 9.11. The molecule has 3 aromatic carbocycles. The van der Waals surface area contributed by atoms with Gasteiger partial charge in [0.2, 0.25) is 5.13 Å². The normalized spacial score (nSPS) is 11.5. The number of rotatable bonds is 7. The topological polar surface area (TPSA) is 80.7 Å². The van der Waals surface area contributed by atoms with Gasteiger partial charge in [0.15, 0.2) is 0 Å². The van der Waals surface area contributed by atoms with Crippen LogP contribution < -0.4 is 9.61 Å². The van der Waals surface area contributed by atoms with E-state index in [1.54, 1.807) is 48.7 Å². The van der Waals surface area contributed by atoms with Gasteiger partial charge in [-0.15, -0.1) is 11.3 Å². The molecule has 0 amide bonds. The van der Waals surface area contributed by atoms with Gasteiger partial charge in [-0.1, -0.05) is 48.0 Å². The first kappa shape index (κ1) is 20.8. The predicted octanol–water partition coefficient (Wildman–Crippen LogP) is 5.33. The Hall–Kier alpha value is -3.49. The summed E-state index contributed by atoms with van der Waals surface area (Å²) in [6.07, 6.45) is 1.63. The van der Waals surface area contributed by atoms with E-state index in [1.807, 2.05) is 24.4 Å². The first-order chi connectivity index (χ1) is 15.0. The van der Waals surface area contributed by atoms with Crippen molar-refractivity contribution in [3.63, 3.8) is 0 Å². The van der Waals surface area contributed by atoms with E-state index in [9.17, 15) is 8.42 Å². The summed E-state index contributed by atoms with van der Waals surface area (Å²) >= 11 is 1.47. The van der Waals surface area contributed by atoms with E-state index in [0.29, 0.717) is 5.13 Å². The van der Waals surface area contributed by atoms with Crippen LogP contribution >= 0.6 is 11.3 Å². The maximum atomic E-state index is 12.3. The van der Waals surface area contributed by atoms with Crippen molar-refractivity contribution in [3.8, 4) is 17.0 Å². The average Bonchev–Trinajstić information content (AvgIpc) is 3.25. The van der Waals surface area contributed by atoms with Crippen LogP contribution in [-0.4, -0.2) is 19.6 Å². The zero-order chi connectivity index (χ0) is 21.7. The lowest BCUT2D eigenvalue weighted by molar-refractivity contribution is 0.486. The molecule has 0 aliphatic carbocycles. The molecule has 1 heterocycles. The zero-order valence-electron chi connectivity index (χ0n) is 16.6. The van der Waals surface area contributed by atoms with Crippen molar-refractivity contribution in [2.24, 2.45) is 5.10 Å². The number of aryl methyl sites for hydroxylation is 1. The van der Waals surface area contributed by atoms with Gasteiger partial charge in [-0.3, -0.25) is 5.43 Å². The molecule has 0 fully saturated rings. The molecule has 0 aliphatic heterocycles. The number of benzene rings is 3. The van der Waals surface area contributed by atoms with Gasteiger partial charge in [-0.2, -0.15) is 13.5 Å². The maximum absolute atomic E-state index is 12.3. The number of hydrogen-bond acceptors (Lipinski definition) is 7. The maximum Gasteiger partial charge on any atom is 0.339 e. The SMILES string of the molecule is Cc1ccc(-c2csc(N/N=C\c3ccc(OS(=O)(=O)c4ccccc4)cc3)n2)cc1. The third-order valence-electron chi connectivity index (χ3n) is 4.34. The van der Waals surface area contributed by atoms with Gasteiger partial charge >= 0.3 is 10.1 Å². The average molecular weight is 450 g/mol. The Morgan fingerprint density at radius 2 is 1.68 bits per heavy atom. The molecule has 0 saturated heterocycles. The van der Waals surface area contributed by atoms with Crippen molar-refractivity contribution < 1.29 is 12.6 Å². The standard InChI is InChI=1S/C23H19N3O3S2/c1-17-7-11-19(12-8-17)22-16-30-23(25-22)26-24-15-18-9-13-20(14-10-18)29-31(27,28)21-5-3-2-4-6-21/h2-16H,1H3,(H,25,26)/b24-15-. The van der Waals surface area contributed by atoms with Crippen LogP contribution in [0.3, 0.4) is 0 Å². The van der Waals surface area contributed by atoms with E-state index in [0.717, 1.165) is 16.8 Å². The molecule has 4 rings (SSSR count). The van der Waals surface area contributed by atoms with Gasteiger partial charge in [0.05, 0.1) is 11.9 Å². The number of nitrogens with one attached hydrogen (secondary N) is 1. The van der Waals surface area contributed by atoms with Crippen LogP contribution in [0.25, 0.3) is 11.3 Å². The molecule has 0 spiro atoms. The minimum absolute atomic E-state index is 0.110. The number of hydrazone groups is 1. The van der Waals surface area contributed by atoms with Crippen molar-refractivity contribution in [1.29, 1.82) is 0 Å². The van der Waals surface area contributed by atoms with E-state index in [2.05, 4.69) is 27.6 Å². The van der Waals surface area contributed by atoms with Gasteiger partial charge in [0.25, 0.3) is 0 Å². The highest BCUT2D eigenvalue weighted by Gasteiger charge is 2.15. The van der Waals surface area contributed by atoms with E-state index < -0.39 is 10.1 Å². The summed E-state index contributed by atoms with van der Waals surface area (Å²) in [4.78, 5) is 4.64. The number of thiazole rings is 1. The summed E-state index contributed by atoms with van der Waals surface area (Å²) in [7, 11) is -3.86. The van der Waals surface area contributed by atoms with Crippen molar-refractivity contribution in [1.82, 2.24) is 4.98 Å². The summed E-state index contributed by atoms with van der Waals surface area (Å²) in [5.41, 5.74) is 6.86. The third kappa shape index (κ3) is 5.36. The fraction of sp³-hybridized carbons (Fsp3) is 0.0435. The Balaban J connectivity index is 1.37. The van der Waals surface area contributed by atoms with Crippen LogP contribution in [0.1, 0.15) is 11.1 Å². The monoisotopic (exact) mass is 449 g/mol. The Kier molecular flexibility index (Phi) is 6.11. The van der Waals surface area contributed by atoms with Gasteiger partial charge < -0.3 is 4.18 Å². The molecule has 0 saturated carbocycles. The van der Waals surface area contributed by atoms with Crippen LogP contribution in [0.4, 0.5) is 5.13 Å². The molecule has 0 atom stereocenters. The van der Waals surface area contributed by atoms with Gasteiger partial charge in [-0.25, -0.2) is 4.98 Å². The van der Waals surface area contributed by atoms with Crippen molar-refractivity contribution in [2.45, 2.75) is 11.8 Å². The number of aromatic nitrogens is 1. The predicted molar refractivity (Wildman–Crippen MR) is 124 cm³/mol. The van der Waals surface area contributed by atoms with Gasteiger partial charge in [-0.05, 0) is 48.9 Å². The van der Waals surface area contributed by atoms with Gasteiger partial charge in [0, 0.05) is 10.9 Å². The van der Waals surface area contributed by atoms with Crippen molar-refractivity contribution in [2.75, 3.05) is 5.43 Å². The minimum Gasteiger partial charge on any atom is -0.379 e. The molecule has 31 heavy (non-hydrogen) atoms. The lowest BCUT2D eigenvalue weighted by Gasteiger charge is -2.06. The first-order valence-electron chi connectivity index (χ1n) is 9.41. The fourth-order valence-corrected chi connectivity index (χ4v) is 4.34. The quantitative estimate of drug-likeness (QED) is 0.234. The summed E-state index contributed by atoms with van der Waals surface area (Å²) in [5, 5.41) is 6.85. The highest BCUT2D eigenvalue weighted by molar-refractivity contribution is 7.87. The highest BCUT2D eigenvalue weighted by atomic mass is 32.2. The molecule has 4 aromatic rings. The van der Waals surface area contributed by atoms with Crippen molar-refractivity contribution in [3.05, 3.63) is 95.4 Å². The van der Waals surface area contributed by atoms with Crippen LogP contribution in [0.15, 0.2) is 94.2 Å². The van der Waals surface area contributed by atoms with Crippen LogP contribution in [0, 0.1) is 6.92 Å². The Labute approximate surface area is 185 Å². The van der Waals surface area contributed by atoms with Crippen LogP contribution in [0.2, 0.25) is 0 Å². The summed E-state index contributed by atoms with van der Waals surface area (Å²) in [6.45, 7) is 2.05. The molecular weight excluding hydrogens is 430 g/mol. The lowest BCUT2D eigenvalue weighted by atomic mass is 10.1. The number of nitrogens with zero attached hydrogens (tertiary/aromatic N) is 2. The molecule has 1 N–H and O–H groups in total. The van der Waals surface area contributed by atoms with E-state index in [4.69, 9.17) is 4.18 Å². The molecular formula is C23H19N3O3S2. The summed E-state index contributed by atoms with van der Waals surface area (Å²) < 4.78 is 29.7.